The number of nitrogens with zero attached hydrogens (tertiary/aromatic N) is 1. The van der Waals surface area contributed by atoms with Crippen molar-refractivity contribution in [2.75, 3.05) is 0 Å². The number of halogens is 4. The Hall–Kier alpha value is -0.530. The lowest BCUT2D eigenvalue weighted by atomic mass is 10.3. The highest BCUT2D eigenvalue weighted by atomic mass is 79.9. The average Bonchev–Trinajstić information content (AvgIpc) is 2.72. The molecule has 2 aromatic heterocycles. The maximum Gasteiger partial charge on any atom is 0.417 e. The van der Waals surface area contributed by atoms with Crippen LogP contribution in [-0.2, 0) is 11.9 Å². The molecule has 0 N–H and O–H groups in total. The van der Waals surface area contributed by atoms with Gasteiger partial charge in [0.1, 0.15) is 0 Å². The minimum Gasteiger partial charge on any atom is -0.249 e. The molecule has 0 aliphatic heterocycles. The van der Waals surface area contributed by atoms with Crippen molar-refractivity contribution in [3.63, 3.8) is 0 Å². The number of hydrogen-bond acceptors (Lipinski definition) is 3. The zero-order valence-corrected chi connectivity index (χ0v) is 12.1. The standard InChI is InChI=1S/C11H7BrF3NS2/c12-8-3-4-17-9(8)6-18-10-2-1-7(5-16-10)11(13,14)15/h1-5H,6H2. The van der Waals surface area contributed by atoms with Gasteiger partial charge in [-0.25, -0.2) is 4.98 Å². The molecule has 0 radical (unpaired) electrons. The van der Waals surface area contributed by atoms with Gasteiger partial charge in [-0.3, -0.25) is 0 Å². The molecule has 18 heavy (non-hydrogen) atoms. The van der Waals surface area contributed by atoms with E-state index in [1.807, 2.05) is 11.4 Å². The molecule has 2 rings (SSSR count). The lowest BCUT2D eigenvalue weighted by Crippen LogP contribution is -2.05. The highest BCUT2D eigenvalue weighted by Crippen LogP contribution is 2.32. The fourth-order valence-electron chi connectivity index (χ4n) is 1.20. The number of aromatic nitrogens is 1. The van der Waals surface area contributed by atoms with Gasteiger partial charge in [0.25, 0.3) is 0 Å². The predicted molar refractivity (Wildman–Crippen MR) is 70.8 cm³/mol. The summed E-state index contributed by atoms with van der Waals surface area (Å²) in [6.07, 6.45) is -3.46. The summed E-state index contributed by atoms with van der Waals surface area (Å²) in [5.74, 6) is 0.691. The zero-order valence-electron chi connectivity index (χ0n) is 8.87. The Balaban J connectivity index is 2.01. The monoisotopic (exact) mass is 353 g/mol. The van der Waals surface area contributed by atoms with Gasteiger partial charge < -0.3 is 0 Å². The van der Waals surface area contributed by atoms with E-state index in [9.17, 15) is 13.2 Å². The van der Waals surface area contributed by atoms with Crippen molar-refractivity contribution in [3.8, 4) is 0 Å². The molecule has 2 heterocycles. The molecule has 96 valence electrons. The fourth-order valence-corrected chi connectivity index (χ4v) is 3.84. The Morgan fingerprint density at radius 3 is 2.56 bits per heavy atom. The average molecular weight is 354 g/mol. The second kappa shape index (κ2) is 5.63. The van der Waals surface area contributed by atoms with Crippen molar-refractivity contribution in [3.05, 3.63) is 44.7 Å². The van der Waals surface area contributed by atoms with Gasteiger partial charge in [-0.15, -0.1) is 23.1 Å². The van der Waals surface area contributed by atoms with E-state index < -0.39 is 11.7 Å². The van der Waals surface area contributed by atoms with Crippen molar-refractivity contribution >= 4 is 39.0 Å². The minimum atomic E-state index is -4.33. The Labute approximate surface area is 119 Å². The third-order valence-electron chi connectivity index (χ3n) is 2.11. The lowest BCUT2D eigenvalue weighted by molar-refractivity contribution is -0.137. The summed E-state index contributed by atoms with van der Waals surface area (Å²) < 4.78 is 38.0. The molecule has 0 aromatic carbocycles. The first-order valence-corrected chi connectivity index (χ1v) is 7.50. The third kappa shape index (κ3) is 3.49. The summed E-state index contributed by atoms with van der Waals surface area (Å²) in [6.45, 7) is 0. The smallest absolute Gasteiger partial charge is 0.249 e. The second-order valence-electron chi connectivity index (χ2n) is 3.36. The maximum atomic E-state index is 12.3. The van der Waals surface area contributed by atoms with Crippen LogP contribution in [0.5, 0.6) is 0 Å². The van der Waals surface area contributed by atoms with Gasteiger partial charge >= 0.3 is 6.18 Å². The molecule has 0 spiro atoms. The van der Waals surface area contributed by atoms with E-state index >= 15 is 0 Å². The summed E-state index contributed by atoms with van der Waals surface area (Å²) in [4.78, 5) is 4.95. The lowest BCUT2D eigenvalue weighted by Gasteiger charge is -2.06. The summed E-state index contributed by atoms with van der Waals surface area (Å²) in [5.41, 5.74) is -0.718. The Kier molecular flexibility index (Phi) is 4.34. The van der Waals surface area contributed by atoms with E-state index in [4.69, 9.17) is 0 Å². The number of pyridine rings is 1. The van der Waals surface area contributed by atoms with Crippen molar-refractivity contribution in [1.82, 2.24) is 4.98 Å². The fraction of sp³-hybridized carbons (Fsp3) is 0.182. The Bertz CT molecular complexity index is 522. The van der Waals surface area contributed by atoms with Crippen LogP contribution in [0.15, 0.2) is 39.3 Å². The normalized spacial score (nSPS) is 11.8. The first-order chi connectivity index (χ1) is 8.47. The van der Waals surface area contributed by atoms with Crippen molar-refractivity contribution < 1.29 is 13.2 Å². The van der Waals surface area contributed by atoms with Gasteiger partial charge in [-0.05, 0) is 39.5 Å². The van der Waals surface area contributed by atoms with Gasteiger partial charge in [0, 0.05) is 21.3 Å². The summed E-state index contributed by atoms with van der Waals surface area (Å²) in [5, 5.41) is 2.54. The van der Waals surface area contributed by atoms with Crippen LogP contribution in [0.1, 0.15) is 10.4 Å². The van der Waals surface area contributed by atoms with Crippen LogP contribution in [-0.4, -0.2) is 4.98 Å². The number of thiophene rings is 1. The molecule has 1 nitrogen and oxygen atoms in total. The van der Waals surface area contributed by atoms with Gasteiger partial charge in [0.05, 0.1) is 10.6 Å². The van der Waals surface area contributed by atoms with Gasteiger partial charge in [-0.2, -0.15) is 13.2 Å². The molecule has 0 aliphatic rings. The minimum absolute atomic E-state index is 0.586. The van der Waals surface area contributed by atoms with Gasteiger partial charge in [-0.1, -0.05) is 0 Å². The maximum absolute atomic E-state index is 12.3. The number of rotatable bonds is 3. The van der Waals surface area contributed by atoms with Gasteiger partial charge in [0.2, 0.25) is 0 Å². The SMILES string of the molecule is FC(F)(F)c1ccc(SCc2sccc2Br)nc1. The topological polar surface area (TPSA) is 12.9 Å². The highest BCUT2D eigenvalue weighted by Gasteiger charge is 2.30. The molecule has 2 aromatic rings. The van der Waals surface area contributed by atoms with E-state index in [0.29, 0.717) is 10.8 Å². The summed E-state index contributed by atoms with van der Waals surface area (Å²) >= 11 is 6.42. The molecular weight excluding hydrogens is 347 g/mol. The van der Waals surface area contributed by atoms with E-state index in [-0.39, 0.29) is 0 Å². The van der Waals surface area contributed by atoms with E-state index in [0.717, 1.165) is 21.6 Å². The molecule has 7 heteroatoms. The van der Waals surface area contributed by atoms with Crippen molar-refractivity contribution in [2.45, 2.75) is 17.0 Å². The van der Waals surface area contributed by atoms with Crippen LogP contribution in [0.2, 0.25) is 0 Å². The molecule has 0 amide bonds. The largest absolute Gasteiger partial charge is 0.417 e. The first kappa shape index (κ1) is 13.9. The van der Waals surface area contributed by atoms with Crippen LogP contribution in [0.4, 0.5) is 13.2 Å². The second-order valence-corrected chi connectivity index (χ2v) is 6.21. The number of hydrogen-bond donors (Lipinski definition) is 0. The van der Waals surface area contributed by atoms with Crippen molar-refractivity contribution in [1.29, 1.82) is 0 Å². The summed E-state index contributed by atoms with van der Waals surface area (Å²) in [6, 6.07) is 4.40. The van der Waals surface area contributed by atoms with Crippen LogP contribution in [0.25, 0.3) is 0 Å². The molecular formula is C11H7BrF3NS2. The summed E-state index contributed by atoms with van der Waals surface area (Å²) in [7, 11) is 0. The van der Waals surface area contributed by atoms with Gasteiger partial charge in [0.15, 0.2) is 0 Å². The molecule has 0 fully saturated rings. The zero-order chi connectivity index (χ0) is 13.2. The predicted octanol–water partition coefficient (Wildman–Crippen LogP) is 5.22. The molecule has 0 unspecified atom stereocenters. The molecule has 0 atom stereocenters. The van der Waals surface area contributed by atoms with Crippen molar-refractivity contribution in [2.24, 2.45) is 0 Å². The molecule has 0 aliphatic carbocycles. The van der Waals surface area contributed by atoms with Crippen LogP contribution >= 0.6 is 39.0 Å². The molecule has 0 saturated carbocycles. The van der Waals surface area contributed by atoms with Crippen LogP contribution in [0.3, 0.4) is 0 Å². The van der Waals surface area contributed by atoms with E-state index in [1.54, 1.807) is 11.3 Å². The molecule has 0 saturated heterocycles. The third-order valence-corrected chi connectivity index (χ3v) is 5.19. The Morgan fingerprint density at radius 2 is 2.06 bits per heavy atom. The molecule has 0 bridgehead atoms. The first-order valence-electron chi connectivity index (χ1n) is 4.85. The van der Waals surface area contributed by atoms with Crippen LogP contribution < -0.4 is 0 Å². The number of alkyl halides is 3. The Morgan fingerprint density at radius 1 is 1.28 bits per heavy atom. The van der Waals surface area contributed by atoms with E-state index in [2.05, 4.69) is 20.9 Å². The van der Waals surface area contributed by atoms with E-state index in [1.165, 1.54) is 17.8 Å². The highest BCUT2D eigenvalue weighted by molar-refractivity contribution is 9.10. The number of thioether (sulfide) groups is 1. The quantitative estimate of drug-likeness (QED) is 0.702. The van der Waals surface area contributed by atoms with Crippen LogP contribution in [0, 0.1) is 0 Å².